The van der Waals surface area contributed by atoms with Gasteiger partial charge in [-0.25, -0.2) is 0 Å². The van der Waals surface area contributed by atoms with Gasteiger partial charge in [0.1, 0.15) is 0 Å². The molecule has 0 aliphatic carbocycles. The molecular formula is C7H13ClN2O2. The van der Waals surface area contributed by atoms with Gasteiger partial charge in [0.15, 0.2) is 0 Å². The van der Waals surface area contributed by atoms with Gasteiger partial charge in [0, 0.05) is 13.0 Å². The van der Waals surface area contributed by atoms with Gasteiger partial charge in [0.25, 0.3) is 0 Å². The number of hydrogen-bond donors (Lipinski definition) is 1. The summed E-state index contributed by atoms with van der Waals surface area (Å²) < 4.78 is 4.64. The topological polar surface area (TPSA) is 62.1 Å². The zero-order valence-electron chi connectivity index (χ0n) is 7.00. The second-order valence-corrected chi connectivity index (χ2v) is 1.89. The van der Waals surface area contributed by atoms with E-state index in [9.17, 15) is 4.79 Å². The number of halogens is 1. The van der Waals surface area contributed by atoms with Crippen LogP contribution in [-0.4, -0.2) is 25.7 Å². The van der Waals surface area contributed by atoms with Crippen molar-refractivity contribution in [1.82, 2.24) is 5.32 Å². The highest BCUT2D eigenvalue weighted by Crippen LogP contribution is 1.75. The van der Waals surface area contributed by atoms with E-state index in [1.165, 1.54) is 0 Å². The third-order valence-corrected chi connectivity index (χ3v) is 0.988. The molecule has 0 fully saturated rings. The average Bonchev–Trinajstić information content (AvgIpc) is 1.99. The summed E-state index contributed by atoms with van der Waals surface area (Å²) in [5.74, 6) is -0.273. The second kappa shape index (κ2) is 10.2. The van der Waals surface area contributed by atoms with E-state index in [2.05, 4.69) is 10.1 Å². The Labute approximate surface area is 78.3 Å². The molecule has 0 heterocycles. The maximum Gasteiger partial charge on any atom is 0.319 e. The fourth-order valence-corrected chi connectivity index (χ4v) is 0.547. The molecule has 4 nitrogen and oxygen atoms in total. The first-order valence-electron chi connectivity index (χ1n) is 3.54. The molecule has 12 heavy (non-hydrogen) atoms. The minimum absolute atomic E-state index is 0. The van der Waals surface area contributed by atoms with Gasteiger partial charge < -0.3 is 10.1 Å². The summed E-state index contributed by atoms with van der Waals surface area (Å²) in [6.45, 7) is 2.89. The number of nitrogens with one attached hydrogen (secondary N) is 1. The molecule has 0 aliphatic heterocycles. The van der Waals surface area contributed by atoms with Gasteiger partial charge in [0.05, 0.1) is 19.2 Å². The molecule has 0 saturated heterocycles. The largest absolute Gasteiger partial charge is 0.465 e. The molecule has 0 unspecified atom stereocenters. The smallest absolute Gasteiger partial charge is 0.319 e. The fourth-order valence-electron chi connectivity index (χ4n) is 0.547. The van der Waals surface area contributed by atoms with Crippen molar-refractivity contribution in [3.8, 4) is 6.07 Å². The SMILES string of the molecule is CCOC(=O)CNCCC#N.Cl. The van der Waals surface area contributed by atoms with Crippen molar-refractivity contribution in [1.29, 1.82) is 5.26 Å². The zero-order chi connectivity index (χ0) is 8.53. The van der Waals surface area contributed by atoms with Gasteiger partial charge in [0.2, 0.25) is 0 Å². The van der Waals surface area contributed by atoms with E-state index in [0.29, 0.717) is 19.6 Å². The predicted octanol–water partition coefficient (Wildman–Crippen LogP) is 0.475. The highest BCUT2D eigenvalue weighted by atomic mass is 35.5. The number of carbonyl (C=O) groups excluding carboxylic acids is 1. The molecule has 0 aromatic rings. The first kappa shape index (κ1) is 13.8. The maximum absolute atomic E-state index is 10.6. The normalized spacial score (nSPS) is 8.00. The summed E-state index contributed by atoms with van der Waals surface area (Å²) in [5.41, 5.74) is 0. The highest BCUT2D eigenvalue weighted by Gasteiger charge is 1.98. The first-order chi connectivity index (χ1) is 5.31. The fraction of sp³-hybridized carbons (Fsp3) is 0.714. The summed E-state index contributed by atoms with van der Waals surface area (Å²) in [6, 6.07) is 1.96. The van der Waals surface area contributed by atoms with Crippen LogP contribution in [0.5, 0.6) is 0 Å². The van der Waals surface area contributed by atoms with Crippen molar-refractivity contribution in [2.24, 2.45) is 0 Å². The van der Waals surface area contributed by atoms with E-state index in [0.717, 1.165) is 0 Å². The van der Waals surface area contributed by atoms with Gasteiger partial charge in [-0.1, -0.05) is 0 Å². The van der Waals surface area contributed by atoms with E-state index in [1.54, 1.807) is 6.92 Å². The summed E-state index contributed by atoms with van der Waals surface area (Å²) in [5, 5.41) is 10.9. The van der Waals surface area contributed by atoms with Crippen LogP contribution < -0.4 is 5.32 Å². The molecule has 0 radical (unpaired) electrons. The lowest BCUT2D eigenvalue weighted by atomic mass is 10.4. The number of rotatable bonds is 5. The average molecular weight is 193 g/mol. The lowest BCUT2D eigenvalue weighted by Crippen LogP contribution is -2.25. The Morgan fingerprint density at radius 1 is 1.67 bits per heavy atom. The number of carbonyl (C=O) groups is 1. The summed E-state index contributed by atoms with van der Waals surface area (Å²) in [4.78, 5) is 10.6. The lowest BCUT2D eigenvalue weighted by Gasteiger charge is -2.00. The number of ether oxygens (including phenoxy) is 1. The van der Waals surface area contributed by atoms with Crippen LogP contribution in [0, 0.1) is 11.3 Å². The lowest BCUT2D eigenvalue weighted by molar-refractivity contribution is -0.141. The van der Waals surface area contributed by atoms with E-state index < -0.39 is 0 Å². The van der Waals surface area contributed by atoms with E-state index in [-0.39, 0.29) is 24.9 Å². The Morgan fingerprint density at radius 3 is 2.83 bits per heavy atom. The van der Waals surface area contributed by atoms with Crippen LogP contribution in [0.2, 0.25) is 0 Å². The van der Waals surface area contributed by atoms with Gasteiger partial charge in [-0.2, -0.15) is 5.26 Å². The number of nitriles is 1. The van der Waals surface area contributed by atoms with Gasteiger partial charge in [-0.15, -0.1) is 12.4 Å². The number of hydrogen-bond acceptors (Lipinski definition) is 4. The summed E-state index contributed by atoms with van der Waals surface area (Å²) in [6.07, 6.45) is 0.416. The van der Waals surface area contributed by atoms with Crippen LogP contribution in [0.1, 0.15) is 13.3 Å². The molecule has 5 heteroatoms. The van der Waals surface area contributed by atoms with Crippen molar-refractivity contribution in [3.63, 3.8) is 0 Å². The number of esters is 1. The standard InChI is InChI=1S/C7H12N2O2.ClH/c1-2-11-7(10)6-9-5-3-4-8;/h9H,2-3,5-6H2,1H3;1H. The zero-order valence-corrected chi connectivity index (χ0v) is 7.82. The first-order valence-corrected chi connectivity index (χ1v) is 3.54. The Kier molecular flexibility index (Phi) is 11.7. The molecule has 0 aliphatic rings. The Balaban J connectivity index is 0. The molecule has 0 bridgehead atoms. The Morgan fingerprint density at radius 2 is 2.33 bits per heavy atom. The minimum Gasteiger partial charge on any atom is -0.465 e. The third-order valence-electron chi connectivity index (χ3n) is 0.988. The maximum atomic E-state index is 10.6. The summed E-state index contributed by atoms with van der Waals surface area (Å²) in [7, 11) is 0. The van der Waals surface area contributed by atoms with Gasteiger partial charge >= 0.3 is 5.97 Å². The van der Waals surface area contributed by atoms with Crippen LogP contribution in [-0.2, 0) is 9.53 Å². The minimum atomic E-state index is -0.273. The quantitative estimate of drug-likeness (QED) is 0.508. The van der Waals surface area contributed by atoms with E-state index >= 15 is 0 Å². The number of nitrogens with zero attached hydrogens (tertiary/aromatic N) is 1. The van der Waals surface area contributed by atoms with E-state index in [1.807, 2.05) is 6.07 Å². The molecule has 0 amide bonds. The third kappa shape index (κ3) is 9.21. The van der Waals surface area contributed by atoms with Crippen molar-refractivity contribution < 1.29 is 9.53 Å². The van der Waals surface area contributed by atoms with Gasteiger partial charge in [-0.3, -0.25) is 4.79 Å². The molecule has 0 atom stereocenters. The second-order valence-electron chi connectivity index (χ2n) is 1.89. The molecule has 70 valence electrons. The van der Waals surface area contributed by atoms with Crippen LogP contribution in [0.4, 0.5) is 0 Å². The Bertz CT molecular complexity index is 156. The van der Waals surface area contributed by atoms with Crippen LogP contribution in [0.25, 0.3) is 0 Å². The van der Waals surface area contributed by atoms with Crippen LogP contribution in [0.3, 0.4) is 0 Å². The summed E-state index contributed by atoms with van der Waals surface area (Å²) >= 11 is 0. The monoisotopic (exact) mass is 192 g/mol. The molecule has 0 aromatic carbocycles. The van der Waals surface area contributed by atoms with E-state index in [4.69, 9.17) is 5.26 Å². The molecule has 0 aromatic heterocycles. The van der Waals surface area contributed by atoms with Gasteiger partial charge in [-0.05, 0) is 6.92 Å². The highest BCUT2D eigenvalue weighted by molar-refractivity contribution is 5.85. The van der Waals surface area contributed by atoms with Crippen molar-refractivity contribution >= 4 is 18.4 Å². The molecule has 0 saturated carbocycles. The predicted molar refractivity (Wildman–Crippen MR) is 47.0 cm³/mol. The molecule has 1 N–H and O–H groups in total. The molecule has 0 rings (SSSR count). The molecular weight excluding hydrogens is 180 g/mol. The Hall–Kier alpha value is -0.790. The van der Waals surface area contributed by atoms with Crippen LogP contribution >= 0.6 is 12.4 Å². The van der Waals surface area contributed by atoms with Crippen molar-refractivity contribution in [2.45, 2.75) is 13.3 Å². The van der Waals surface area contributed by atoms with Crippen molar-refractivity contribution in [2.75, 3.05) is 19.7 Å². The van der Waals surface area contributed by atoms with Crippen molar-refractivity contribution in [3.05, 3.63) is 0 Å². The molecule has 0 spiro atoms. The van der Waals surface area contributed by atoms with Crippen LogP contribution in [0.15, 0.2) is 0 Å².